The first kappa shape index (κ1) is 32.6. The number of halogens is 3. The highest BCUT2D eigenvalue weighted by atomic mass is 32.2. The molecule has 1 unspecified atom stereocenters. The first-order valence-corrected chi connectivity index (χ1v) is 17.4. The minimum atomic E-state index is -4.48. The molecule has 2 aliphatic rings. The van der Waals surface area contributed by atoms with Gasteiger partial charge in [0.05, 0.1) is 21.6 Å². The van der Waals surface area contributed by atoms with Crippen LogP contribution < -0.4 is 5.32 Å². The number of carbonyl (C=O) groups is 1. The molecule has 2 aromatic heterocycles. The van der Waals surface area contributed by atoms with Crippen LogP contribution in [0.1, 0.15) is 88.7 Å². The Hall–Kier alpha value is -2.80. The number of nitrogens with one attached hydrogen (secondary N) is 1. The first-order valence-electron chi connectivity index (χ1n) is 15.0. The molecule has 5 rings (SSSR count). The van der Waals surface area contributed by atoms with E-state index in [0.717, 1.165) is 34.1 Å². The van der Waals surface area contributed by atoms with E-state index in [4.69, 9.17) is 4.74 Å². The lowest BCUT2D eigenvalue weighted by atomic mass is 9.83. The van der Waals surface area contributed by atoms with Crippen LogP contribution in [0.2, 0.25) is 0 Å². The predicted molar refractivity (Wildman–Crippen MR) is 163 cm³/mol. The van der Waals surface area contributed by atoms with E-state index in [1.807, 2.05) is 19.9 Å². The van der Waals surface area contributed by atoms with Crippen molar-refractivity contribution in [2.24, 2.45) is 0 Å². The molecule has 1 amide bonds. The van der Waals surface area contributed by atoms with Crippen molar-refractivity contribution in [3.05, 3.63) is 80.3 Å². The van der Waals surface area contributed by atoms with Crippen molar-refractivity contribution >= 4 is 27.1 Å². The number of piperidine rings is 1. The van der Waals surface area contributed by atoms with Gasteiger partial charge < -0.3 is 10.1 Å². The van der Waals surface area contributed by atoms with Gasteiger partial charge in [-0.05, 0) is 80.5 Å². The SMILES string of the molecule is CCC(c1ccc(C(F)(F)F)nc1C)N1CCC2(CC1)O[C@@H](C)Cc1cc(C(=O)NCc3ccc(S(=O)(=O)CC)cc3)sc12. The van der Waals surface area contributed by atoms with Gasteiger partial charge in [0.2, 0.25) is 0 Å². The number of hydrogen-bond donors (Lipinski definition) is 1. The second-order valence-electron chi connectivity index (χ2n) is 11.7. The quantitative estimate of drug-likeness (QED) is 0.296. The Morgan fingerprint density at radius 3 is 2.43 bits per heavy atom. The van der Waals surface area contributed by atoms with E-state index in [2.05, 4.69) is 15.2 Å². The largest absolute Gasteiger partial charge is 0.433 e. The van der Waals surface area contributed by atoms with Gasteiger partial charge in [0.15, 0.2) is 9.84 Å². The standard InChI is InChI=1S/C32H38F3N3O4S2/c1-5-26(25-11-12-28(32(33,34)35)37-21(25)4)38-15-13-31(14-16-38)29-23(17-20(3)42-31)18-27(43-29)30(39)36-19-22-7-9-24(10-8-22)44(40,41)6-2/h7-12,18,20,26H,5-6,13-17,19H2,1-4H3,(H,36,39)/t20-,26?/m0/s1. The Balaban J connectivity index is 1.28. The number of pyridine rings is 1. The van der Waals surface area contributed by atoms with Crippen molar-refractivity contribution in [2.45, 2.75) is 88.7 Å². The van der Waals surface area contributed by atoms with Gasteiger partial charge in [-0.25, -0.2) is 13.4 Å². The van der Waals surface area contributed by atoms with E-state index in [1.165, 1.54) is 11.3 Å². The summed E-state index contributed by atoms with van der Waals surface area (Å²) in [5.41, 5.74) is 1.75. The predicted octanol–water partition coefficient (Wildman–Crippen LogP) is 6.60. The number of sulfone groups is 1. The van der Waals surface area contributed by atoms with Crippen molar-refractivity contribution in [1.29, 1.82) is 0 Å². The summed E-state index contributed by atoms with van der Waals surface area (Å²) < 4.78 is 70.4. The van der Waals surface area contributed by atoms with E-state index < -0.39 is 27.3 Å². The molecule has 1 aromatic carbocycles. The molecule has 1 spiro atoms. The number of likely N-dealkylation sites (tertiary alicyclic amines) is 1. The molecule has 2 atom stereocenters. The maximum Gasteiger partial charge on any atom is 0.433 e. The van der Waals surface area contributed by atoms with Gasteiger partial charge in [-0.15, -0.1) is 11.3 Å². The fraction of sp³-hybridized carbons (Fsp3) is 0.500. The molecule has 238 valence electrons. The van der Waals surface area contributed by atoms with Gasteiger partial charge in [0.1, 0.15) is 11.3 Å². The molecule has 0 radical (unpaired) electrons. The van der Waals surface area contributed by atoms with Crippen molar-refractivity contribution in [2.75, 3.05) is 18.8 Å². The summed E-state index contributed by atoms with van der Waals surface area (Å²) in [5, 5.41) is 2.96. The second kappa shape index (κ2) is 12.5. The molecule has 2 aliphatic heterocycles. The number of ether oxygens (including phenoxy) is 1. The number of amides is 1. The summed E-state index contributed by atoms with van der Waals surface area (Å²) in [5.74, 6) is -0.157. The number of rotatable bonds is 8. The molecule has 1 fully saturated rings. The van der Waals surface area contributed by atoms with Gasteiger partial charge >= 0.3 is 6.18 Å². The van der Waals surface area contributed by atoms with Crippen molar-refractivity contribution < 1.29 is 31.1 Å². The number of aromatic nitrogens is 1. The van der Waals surface area contributed by atoms with Crippen LogP contribution >= 0.6 is 11.3 Å². The first-order chi connectivity index (χ1) is 20.8. The number of aryl methyl sites for hydroxylation is 1. The Morgan fingerprint density at radius 1 is 1.16 bits per heavy atom. The van der Waals surface area contributed by atoms with Gasteiger partial charge in [0, 0.05) is 36.2 Å². The zero-order valence-corrected chi connectivity index (χ0v) is 27.0. The topological polar surface area (TPSA) is 88.6 Å². The second-order valence-corrected chi connectivity index (χ2v) is 15.0. The van der Waals surface area contributed by atoms with Crippen LogP contribution in [-0.2, 0) is 39.3 Å². The fourth-order valence-electron chi connectivity index (χ4n) is 6.42. The Bertz CT molecular complexity index is 1610. The van der Waals surface area contributed by atoms with Gasteiger partial charge in [-0.2, -0.15) is 13.2 Å². The zero-order chi connectivity index (χ0) is 31.9. The Kier molecular flexibility index (Phi) is 9.28. The summed E-state index contributed by atoms with van der Waals surface area (Å²) in [4.78, 5) is 21.3. The lowest BCUT2D eigenvalue weighted by Crippen LogP contribution is -2.48. The third kappa shape index (κ3) is 6.59. The average molecular weight is 650 g/mol. The van der Waals surface area contributed by atoms with Crippen LogP contribution in [0.25, 0.3) is 0 Å². The number of benzene rings is 1. The molecule has 3 aromatic rings. The molecule has 1 saturated heterocycles. The highest BCUT2D eigenvalue weighted by molar-refractivity contribution is 7.91. The van der Waals surface area contributed by atoms with Crippen molar-refractivity contribution in [3.8, 4) is 0 Å². The molecular formula is C32H38F3N3O4S2. The summed E-state index contributed by atoms with van der Waals surface area (Å²) in [7, 11) is -3.28. The maximum absolute atomic E-state index is 13.2. The van der Waals surface area contributed by atoms with Crippen molar-refractivity contribution in [1.82, 2.24) is 15.2 Å². The smallest absolute Gasteiger partial charge is 0.366 e. The van der Waals surface area contributed by atoms with Gasteiger partial charge in [0.25, 0.3) is 5.91 Å². The molecule has 4 heterocycles. The van der Waals surface area contributed by atoms with Crippen LogP contribution in [0.15, 0.2) is 47.4 Å². The number of thiophene rings is 1. The normalized spacial score (nSPS) is 19.5. The molecule has 7 nitrogen and oxygen atoms in total. The van der Waals surface area contributed by atoms with E-state index in [9.17, 15) is 26.4 Å². The summed E-state index contributed by atoms with van der Waals surface area (Å²) in [6.07, 6.45) is -1.61. The van der Waals surface area contributed by atoms with Crippen LogP contribution in [0.4, 0.5) is 13.2 Å². The van der Waals surface area contributed by atoms with Crippen LogP contribution in [0.3, 0.4) is 0 Å². The third-order valence-electron chi connectivity index (χ3n) is 8.71. The Morgan fingerprint density at radius 2 is 1.84 bits per heavy atom. The molecule has 0 bridgehead atoms. The van der Waals surface area contributed by atoms with E-state index in [0.29, 0.717) is 42.9 Å². The Labute approximate surface area is 260 Å². The average Bonchev–Trinajstić information content (AvgIpc) is 3.43. The van der Waals surface area contributed by atoms with E-state index in [-0.39, 0.29) is 35.2 Å². The molecule has 44 heavy (non-hydrogen) atoms. The number of alkyl halides is 3. The molecule has 12 heteroatoms. The van der Waals surface area contributed by atoms with E-state index >= 15 is 0 Å². The summed E-state index contributed by atoms with van der Waals surface area (Å²) in [6.45, 7) is 9.01. The van der Waals surface area contributed by atoms with Crippen LogP contribution in [0, 0.1) is 6.92 Å². The monoisotopic (exact) mass is 649 g/mol. The fourth-order valence-corrected chi connectivity index (χ4v) is 8.60. The summed E-state index contributed by atoms with van der Waals surface area (Å²) >= 11 is 1.46. The third-order valence-corrected chi connectivity index (χ3v) is 11.8. The minimum Gasteiger partial charge on any atom is -0.366 e. The number of nitrogens with zero attached hydrogens (tertiary/aromatic N) is 2. The highest BCUT2D eigenvalue weighted by Gasteiger charge is 2.45. The molecule has 0 aliphatic carbocycles. The van der Waals surface area contributed by atoms with E-state index in [1.54, 1.807) is 44.2 Å². The minimum absolute atomic E-state index is 0.0131. The molecule has 1 N–H and O–H groups in total. The lowest BCUT2D eigenvalue weighted by Gasteiger charge is -2.47. The summed E-state index contributed by atoms with van der Waals surface area (Å²) in [6, 6.07) is 11.1. The van der Waals surface area contributed by atoms with Crippen molar-refractivity contribution in [3.63, 3.8) is 0 Å². The lowest BCUT2D eigenvalue weighted by molar-refractivity contribution is -0.141. The number of hydrogen-bond acceptors (Lipinski definition) is 7. The number of fused-ring (bicyclic) bond motifs is 2. The van der Waals surface area contributed by atoms with Crippen LogP contribution in [0.5, 0.6) is 0 Å². The molecule has 0 saturated carbocycles. The maximum atomic E-state index is 13.2. The number of carbonyl (C=O) groups excluding carboxylic acids is 1. The van der Waals surface area contributed by atoms with Crippen LogP contribution in [-0.4, -0.2) is 49.2 Å². The van der Waals surface area contributed by atoms with Gasteiger partial charge in [-0.3, -0.25) is 9.69 Å². The zero-order valence-electron chi connectivity index (χ0n) is 25.3. The molecular weight excluding hydrogens is 611 g/mol. The highest BCUT2D eigenvalue weighted by Crippen LogP contribution is 2.48. The van der Waals surface area contributed by atoms with Gasteiger partial charge in [-0.1, -0.05) is 32.0 Å².